The Bertz CT molecular complexity index is 750. The van der Waals surface area contributed by atoms with Crippen LogP contribution in [0.1, 0.15) is 42.5 Å². The van der Waals surface area contributed by atoms with E-state index in [1.54, 1.807) is 24.3 Å². The summed E-state index contributed by atoms with van der Waals surface area (Å²) in [5, 5.41) is 0.484. The van der Waals surface area contributed by atoms with Crippen LogP contribution in [0, 0.1) is 0 Å². The van der Waals surface area contributed by atoms with Crippen molar-refractivity contribution in [3.05, 3.63) is 41.2 Å². The van der Waals surface area contributed by atoms with Crippen molar-refractivity contribution in [3.8, 4) is 5.88 Å². The van der Waals surface area contributed by atoms with E-state index in [0.717, 1.165) is 25.7 Å². The molecule has 0 unspecified atom stereocenters. The number of benzene rings is 1. The number of nitrogens with one attached hydrogen (secondary N) is 2. The van der Waals surface area contributed by atoms with E-state index in [9.17, 15) is 4.79 Å². The SMILES string of the molecule is Nc1c(NNC(=O)c2cccc(Cl)c2)ncnc1OC1CCCCC1. The number of nitrogens with zero attached hydrogens (tertiary/aromatic N) is 2. The molecule has 7 nitrogen and oxygen atoms in total. The molecular weight excluding hydrogens is 342 g/mol. The average Bonchev–Trinajstić information content (AvgIpc) is 2.63. The van der Waals surface area contributed by atoms with Crippen LogP contribution in [0.5, 0.6) is 5.88 Å². The molecule has 1 fully saturated rings. The molecule has 1 saturated carbocycles. The second-order valence-corrected chi connectivity index (χ2v) is 6.34. The lowest BCUT2D eigenvalue weighted by Crippen LogP contribution is -2.30. The summed E-state index contributed by atoms with van der Waals surface area (Å²) in [4.78, 5) is 20.3. The molecule has 0 bridgehead atoms. The molecular formula is C17H20ClN5O2. The molecule has 132 valence electrons. The highest BCUT2D eigenvalue weighted by Crippen LogP contribution is 2.28. The lowest BCUT2D eigenvalue weighted by molar-refractivity contribution is 0.0962. The molecule has 1 amide bonds. The van der Waals surface area contributed by atoms with Gasteiger partial charge in [0.2, 0.25) is 5.88 Å². The van der Waals surface area contributed by atoms with E-state index < -0.39 is 0 Å². The molecule has 1 aromatic carbocycles. The molecule has 0 atom stereocenters. The normalized spacial score (nSPS) is 14.8. The second-order valence-electron chi connectivity index (χ2n) is 5.91. The fraction of sp³-hybridized carbons (Fsp3) is 0.353. The zero-order chi connectivity index (χ0) is 17.6. The summed E-state index contributed by atoms with van der Waals surface area (Å²) in [5.41, 5.74) is 12.0. The lowest BCUT2D eigenvalue weighted by atomic mass is 9.98. The Labute approximate surface area is 150 Å². The monoisotopic (exact) mass is 361 g/mol. The van der Waals surface area contributed by atoms with E-state index in [2.05, 4.69) is 20.8 Å². The molecule has 1 aliphatic rings. The van der Waals surface area contributed by atoms with Crippen LogP contribution >= 0.6 is 11.6 Å². The smallest absolute Gasteiger partial charge is 0.269 e. The summed E-state index contributed by atoms with van der Waals surface area (Å²) < 4.78 is 5.89. The van der Waals surface area contributed by atoms with E-state index >= 15 is 0 Å². The number of nitrogen functional groups attached to an aromatic ring is 1. The van der Waals surface area contributed by atoms with Crippen LogP contribution < -0.4 is 21.3 Å². The lowest BCUT2D eigenvalue weighted by Gasteiger charge is -2.23. The van der Waals surface area contributed by atoms with E-state index in [1.165, 1.54) is 12.7 Å². The Morgan fingerprint density at radius 3 is 2.80 bits per heavy atom. The van der Waals surface area contributed by atoms with Gasteiger partial charge in [-0.1, -0.05) is 24.1 Å². The Kier molecular flexibility index (Phi) is 5.55. The summed E-state index contributed by atoms with van der Waals surface area (Å²) in [6.45, 7) is 0. The Hall–Kier alpha value is -2.54. The molecule has 0 saturated heterocycles. The standard InChI is InChI=1S/C17H20ClN5O2/c18-12-6-4-5-11(9-12)16(24)23-22-15-14(19)17(21-10-20-15)25-13-7-2-1-3-8-13/h4-6,9-10,13H,1-3,7-8,19H2,(H,23,24)(H,20,21,22). The maximum atomic E-state index is 12.1. The first-order chi connectivity index (χ1) is 12.1. The highest BCUT2D eigenvalue weighted by molar-refractivity contribution is 6.30. The number of anilines is 2. The van der Waals surface area contributed by atoms with Crippen molar-refractivity contribution in [1.82, 2.24) is 15.4 Å². The largest absolute Gasteiger partial charge is 0.473 e. The number of halogens is 1. The Morgan fingerprint density at radius 2 is 2.04 bits per heavy atom. The van der Waals surface area contributed by atoms with Crippen molar-refractivity contribution in [2.45, 2.75) is 38.2 Å². The molecule has 1 aliphatic carbocycles. The first-order valence-electron chi connectivity index (χ1n) is 8.22. The third-order valence-corrected chi connectivity index (χ3v) is 4.29. The van der Waals surface area contributed by atoms with E-state index in [-0.39, 0.29) is 23.5 Å². The van der Waals surface area contributed by atoms with Crippen LogP contribution in [0.2, 0.25) is 5.02 Å². The first-order valence-corrected chi connectivity index (χ1v) is 8.60. The number of hydrogen-bond acceptors (Lipinski definition) is 6. The summed E-state index contributed by atoms with van der Waals surface area (Å²) >= 11 is 5.89. The minimum absolute atomic E-state index is 0.125. The van der Waals surface area contributed by atoms with Gasteiger partial charge in [-0.05, 0) is 43.9 Å². The third kappa shape index (κ3) is 4.51. The summed E-state index contributed by atoms with van der Waals surface area (Å²) in [7, 11) is 0. The Balaban J connectivity index is 1.64. The highest BCUT2D eigenvalue weighted by Gasteiger charge is 2.18. The van der Waals surface area contributed by atoms with Crippen LogP contribution in [0.15, 0.2) is 30.6 Å². The van der Waals surface area contributed by atoms with E-state index in [4.69, 9.17) is 22.1 Å². The van der Waals surface area contributed by atoms with Crippen LogP contribution in [0.4, 0.5) is 11.5 Å². The summed E-state index contributed by atoms with van der Waals surface area (Å²) in [5.74, 6) is 0.271. The van der Waals surface area contributed by atoms with Crippen molar-refractivity contribution >= 4 is 29.0 Å². The maximum absolute atomic E-state index is 12.1. The first kappa shape index (κ1) is 17.3. The number of amides is 1. The van der Waals surface area contributed by atoms with Gasteiger partial charge in [0, 0.05) is 10.6 Å². The number of rotatable bonds is 5. The molecule has 8 heteroatoms. The maximum Gasteiger partial charge on any atom is 0.269 e. The highest BCUT2D eigenvalue weighted by atomic mass is 35.5. The topological polar surface area (TPSA) is 102 Å². The van der Waals surface area contributed by atoms with Gasteiger partial charge < -0.3 is 10.5 Å². The van der Waals surface area contributed by atoms with Crippen molar-refractivity contribution in [2.24, 2.45) is 0 Å². The van der Waals surface area contributed by atoms with Crippen LogP contribution in [0.25, 0.3) is 0 Å². The van der Waals surface area contributed by atoms with Gasteiger partial charge >= 0.3 is 0 Å². The molecule has 0 spiro atoms. The van der Waals surface area contributed by atoms with Gasteiger partial charge in [-0.2, -0.15) is 4.98 Å². The molecule has 1 heterocycles. The predicted octanol–water partition coefficient (Wildman–Crippen LogP) is 3.18. The number of nitrogens with two attached hydrogens (primary N) is 1. The van der Waals surface area contributed by atoms with Crippen molar-refractivity contribution < 1.29 is 9.53 Å². The van der Waals surface area contributed by atoms with E-state index in [0.29, 0.717) is 16.5 Å². The molecule has 25 heavy (non-hydrogen) atoms. The fourth-order valence-corrected chi connectivity index (χ4v) is 2.92. The van der Waals surface area contributed by atoms with Gasteiger partial charge in [-0.15, -0.1) is 0 Å². The average molecular weight is 362 g/mol. The quantitative estimate of drug-likeness (QED) is 0.707. The second kappa shape index (κ2) is 8.02. The molecule has 1 aromatic heterocycles. The number of carbonyl (C=O) groups excluding carboxylic acids is 1. The minimum atomic E-state index is -0.352. The Morgan fingerprint density at radius 1 is 1.24 bits per heavy atom. The van der Waals surface area contributed by atoms with Gasteiger partial charge in [0.15, 0.2) is 5.82 Å². The fourth-order valence-electron chi connectivity index (χ4n) is 2.73. The van der Waals surface area contributed by atoms with Crippen molar-refractivity contribution in [2.75, 3.05) is 11.2 Å². The predicted molar refractivity (Wildman–Crippen MR) is 96.5 cm³/mol. The molecule has 4 N–H and O–H groups in total. The van der Waals surface area contributed by atoms with Crippen LogP contribution in [0.3, 0.4) is 0 Å². The van der Waals surface area contributed by atoms with Crippen molar-refractivity contribution in [3.63, 3.8) is 0 Å². The van der Waals surface area contributed by atoms with Crippen molar-refractivity contribution in [1.29, 1.82) is 0 Å². The third-order valence-electron chi connectivity index (χ3n) is 4.06. The van der Waals surface area contributed by atoms with Gasteiger partial charge in [0.05, 0.1) is 0 Å². The van der Waals surface area contributed by atoms with Gasteiger partial charge in [-0.25, -0.2) is 4.98 Å². The zero-order valence-electron chi connectivity index (χ0n) is 13.7. The molecule has 3 rings (SSSR count). The molecule has 0 radical (unpaired) electrons. The van der Waals surface area contributed by atoms with Gasteiger partial charge in [0.1, 0.15) is 18.1 Å². The van der Waals surface area contributed by atoms with Gasteiger partial charge in [-0.3, -0.25) is 15.6 Å². The van der Waals surface area contributed by atoms with E-state index in [1.807, 2.05) is 0 Å². The number of hydrogen-bond donors (Lipinski definition) is 3. The van der Waals surface area contributed by atoms with Crippen LogP contribution in [-0.4, -0.2) is 22.0 Å². The molecule has 0 aliphatic heterocycles. The summed E-state index contributed by atoms with van der Waals surface area (Å²) in [6, 6.07) is 6.62. The van der Waals surface area contributed by atoms with Crippen LogP contribution in [-0.2, 0) is 0 Å². The number of carbonyl (C=O) groups is 1. The molecule has 2 aromatic rings. The number of aromatic nitrogens is 2. The zero-order valence-corrected chi connectivity index (χ0v) is 14.4. The van der Waals surface area contributed by atoms with Gasteiger partial charge in [0.25, 0.3) is 5.91 Å². The number of hydrazine groups is 1. The number of ether oxygens (including phenoxy) is 1. The summed E-state index contributed by atoms with van der Waals surface area (Å²) in [6.07, 6.45) is 7.01. The minimum Gasteiger partial charge on any atom is -0.473 e.